The van der Waals surface area contributed by atoms with Gasteiger partial charge in [0.15, 0.2) is 0 Å². The fourth-order valence-electron chi connectivity index (χ4n) is 2.14. The molecule has 1 heterocycles. The molecule has 0 radical (unpaired) electrons. The van der Waals surface area contributed by atoms with Gasteiger partial charge in [-0.3, -0.25) is 4.79 Å². The Labute approximate surface area is 84.2 Å². The predicted octanol–water partition coefficient (Wildman–Crippen LogP) is 0.806. The summed E-state index contributed by atoms with van der Waals surface area (Å²) in [5, 5.41) is 0. The van der Waals surface area contributed by atoms with Crippen LogP contribution >= 0.6 is 0 Å². The van der Waals surface area contributed by atoms with Crippen molar-refractivity contribution in [3.63, 3.8) is 0 Å². The molecule has 1 unspecified atom stereocenters. The third-order valence-corrected chi connectivity index (χ3v) is 2.68. The third kappa shape index (κ3) is 1.89. The molecule has 0 spiro atoms. The minimum atomic E-state index is -0.771. The molecule has 0 bridgehead atoms. The van der Waals surface area contributed by atoms with Gasteiger partial charge in [-0.1, -0.05) is 6.92 Å². The number of hydrogen-bond acceptors (Lipinski definition) is 3. The van der Waals surface area contributed by atoms with Gasteiger partial charge in [-0.05, 0) is 26.2 Å². The van der Waals surface area contributed by atoms with Crippen molar-refractivity contribution in [3.8, 4) is 0 Å². The Hall–Kier alpha value is -1.06. The van der Waals surface area contributed by atoms with Crippen molar-refractivity contribution < 1.29 is 14.3 Å². The predicted molar refractivity (Wildman–Crippen MR) is 51.6 cm³/mol. The molecule has 0 N–H and O–H groups in total. The summed E-state index contributed by atoms with van der Waals surface area (Å²) >= 11 is 0. The van der Waals surface area contributed by atoms with Gasteiger partial charge in [-0.2, -0.15) is 0 Å². The molecule has 4 nitrogen and oxygen atoms in total. The van der Waals surface area contributed by atoms with Crippen molar-refractivity contribution in [3.05, 3.63) is 0 Å². The van der Waals surface area contributed by atoms with E-state index in [-0.39, 0.29) is 5.54 Å². The van der Waals surface area contributed by atoms with Gasteiger partial charge in [-0.25, -0.2) is 4.79 Å². The molecule has 4 heteroatoms. The lowest BCUT2D eigenvalue weighted by Crippen LogP contribution is -2.46. The lowest BCUT2D eigenvalue weighted by Gasteiger charge is -2.30. The Morgan fingerprint density at radius 1 is 1.43 bits per heavy atom. The SMILES string of the molecule is COC(=O)C(=O)N1CC(C)CC1(C)C. The highest BCUT2D eigenvalue weighted by Gasteiger charge is 2.41. The first kappa shape index (κ1) is 11.0. The van der Waals surface area contributed by atoms with E-state index in [4.69, 9.17) is 0 Å². The van der Waals surface area contributed by atoms with Gasteiger partial charge in [0.05, 0.1) is 7.11 Å². The van der Waals surface area contributed by atoms with Crippen molar-refractivity contribution in [1.29, 1.82) is 0 Å². The van der Waals surface area contributed by atoms with Crippen LogP contribution in [0.3, 0.4) is 0 Å². The standard InChI is InChI=1S/C10H17NO3/c1-7-5-10(2,3)11(6-7)8(12)9(13)14-4/h7H,5-6H2,1-4H3. The van der Waals surface area contributed by atoms with Crippen LogP contribution in [0.4, 0.5) is 0 Å². The van der Waals surface area contributed by atoms with E-state index in [9.17, 15) is 9.59 Å². The summed E-state index contributed by atoms with van der Waals surface area (Å²) in [5.74, 6) is -0.854. The largest absolute Gasteiger partial charge is 0.462 e. The maximum Gasteiger partial charge on any atom is 0.396 e. The van der Waals surface area contributed by atoms with Crippen molar-refractivity contribution >= 4 is 11.9 Å². The second-order valence-electron chi connectivity index (χ2n) is 4.53. The van der Waals surface area contributed by atoms with Gasteiger partial charge in [0.25, 0.3) is 0 Å². The van der Waals surface area contributed by atoms with Crippen molar-refractivity contribution in [2.45, 2.75) is 32.7 Å². The Morgan fingerprint density at radius 3 is 2.36 bits per heavy atom. The summed E-state index contributed by atoms with van der Waals surface area (Å²) in [4.78, 5) is 24.3. The van der Waals surface area contributed by atoms with E-state index >= 15 is 0 Å². The van der Waals surface area contributed by atoms with Gasteiger partial charge in [0.1, 0.15) is 0 Å². The molecule has 1 saturated heterocycles. The Kier molecular flexibility index (Phi) is 2.83. The fourth-order valence-corrected chi connectivity index (χ4v) is 2.14. The zero-order valence-corrected chi connectivity index (χ0v) is 9.16. The van der Waals surface area contributed by atoms with Crippen molar-refractivity contribution in [1.82, 2.24) is 4.90 Å². The van der Waals surface area contributed by atoms with Crippen LogP contribution in [-0.4, -0.2) is 36.0 Å². The normalized spacial score (nSPS) is 24.9. The third-order valence-electron chi connectivity index (χ3n) is 2.68. The Bertz CT molecular complexity index is 260. The zero-order chi connectivity index (χ0) is 10.9. The molecule has 1 aliphatic heterocycles. The summed E-state index contributed by atoms with van der Waals surface area (Å²) < 4.78 is 4.42. The molecular formula is C10H17NO3. The molecule has 0 aromatic carbocycles. The van der Waals surface area contributed by atoms with Crippen molar-refractivity contribution in [2.24, 2.45) is 5.92 Å². The number of hydrogen-bond donors (Lipinski definition) is 0. The van der Waals surface area contributed by atoms with Crippen LogP contribution in [0, 0.1) is 5.92 Å². The molecule has 1 rings (SSSR count). The number of carbonyl (C=O) groups is 2. The molecule has 1 fully saturated rings. The maximum atomic E-state index is 11.6. The van der Waals surface area contributed by atoms with E-state index in [0.717, 1.165) is 6.42 Å². The zero-order valence-electron chi connectivity index (χ0n) is 9.16. The summed E-state index contributed by atoms with van der Waals surface area (Å²) in [6.45, 7) is 6.65. The maximum absolute atomic E-state index is 11.6. The van der Waals surface area contributed by atoms with Gasteiger partial charge >= 0.3 is 11.9 Å². The van der Waals surface area contributed by atoms with E-state index < -0.39 is 11.9 Å². The molecule has 0 saturated carbocycles. The number of rotatable bonds is 0. The highest BCUT2D eigenvalue weighted by molar-refractivity contribution is 6.32. The first-order chi connectivity index (χ1) is 6.38. The van der Waals surface area contributed by atoms with Crippen molar-refractivity contribution in [2.75, 3.05) is 13.7 Å². The number of carbonyl (C=O) groups excluding carboxylic acids is 2. The van der Waals surface area contributed by atoms with E-state index in [1.165, 1.54) is 7.11 Å². The lowest BCUT2D eigenvalue weighted by molar-refractivity contribution is -0.160. The minimum Gasteiger partial charge on any atom is -0.462 e. The smallest absolute Gasteiger partial charge is 0.396 e. The average Bonchev–Trinajstić information content (AvgIpc) is 2.36. The van der Waals surface area contributed by atoms with Crippen LogP contribution in [0.1, 0.15) is 27.2 Å². The fraction of sp³-hybridized carbons (Fsp3) is 0.800. The van der Waals surface area contributed by atoms with E-state index in [0.29, 0.717) is 12.5 Å². The number of esters is 1. The second kappa shape index (κ2) is 3.59. The Morgan fingerprint density at radius 2 is 2.00 bits per heavy atom. The van der Waals surface area contributed by atoms with Gasteiger partial charge in [-0.15, -0.1) is 0 Å². The van der Waals surface area contributed by atoms with Crippen LogP contribution in [0.25, 0.3) is 0 Å². The highest BCUT2D eigenvalue weighted by Crippen LogP contribution is 2.32. The van der Waals surface area contributed by atoms with Crippen LogP contribution < -0.4 is 0 Å². The topological polar surface area (TPSA) is 46.6 Å². The Balaban J connectivity index is 2.78. The summed E-state index contributed by atoms with van der Waals surface area (Å²) in [6.07, 6.45) is 0.926. The summed E-state index contributed by atoms with van der Waals surface area (Å²) in [7, 11) is 1.23. The number of methoxy groups -OCH3 is 1. The number of likely N-dealkylation sites (tertiary alicyclic amines) is 1. The first-order valence-corrected chi connectivity index (χ1v) is 4.78. The molecule has 80 valence electrons. The van der Waals surface area contributed by atoms with Gasteiger partial charge < -0.3 is 9.64 Å². The quantitative estimate of drug-likeness (QED) is 0.428. The van der Waals surface area contributed by atoms with Crippen LogP contribution in [0.5, 0.6) is 0 Å². The minimum absolute atomic E-state index is 0.231. The number of nitrogens with zero attached hydrogens (tertiary/aromatic N) is 1. The highest BCUT2D eigenvalue weighted by atomic mass is 16.5. The molecule has 1 amide bonds. The molecule has 1 aliphatic rings. The molecule has 1 atom stereocenters. The number of ether oxygens (including phenoxy) is 1. The van der Waals surface area contributed by atoms with Gasteiger partial charge in [0.2, 0.25) is 0 Å². The summed E-state index contributed by atoms with van der Waals surface area (Å²) in [6, 6.07) is 0. The van der Waals surface area contributed by atoms with E-state index in [2.05, 4.69) is 11.7 Å². The van der Waals surface area contributed by atoms with Crippen LogP contribution in [0.15, 0.2) is 0 Å². The van der Waals surface area contributed by atoms with E-state index in [1.807, 2.05) is 13.8 Å². The number of amides is 1. The molecular weight excluding hydrogens is 182 g/mol. The molecule has 0 aromatic rings. The van der Waals surface area contributed by atoms with Gasteiger partial charge in [0, 0.05) is 12.1 Å². The van der Waals surface area contributed by atoms with E-state index in [1.54, 1.807) is 4.90 Å². The first-order valence-electron chi connectivity index (χ1n) is 4.78. The van der Waals surface area contributed by atoms with Crippen LogP contribution in [0.2, 0.25) is 0 Å². The molecule has 14 heavy (non-hydrogen) atoms. The summed E-state index contributed by atoms with van der Waals surface area (Å²) in [5.41, 5.74) is -0.231. The average molecular weight is 199 g/mol. The monoisotopic (exact) mass is 199 g/mol. The second-order valence-corrected chi connectivity index (χ2v) is 4.53. The molecule has 0 aliphatic carbocycles. The molecule has 0 aromatic heterocycles. The lowest BCUT2D eigenvalue weighted by atomic mass is 9.98. The van der Waals surface area contributed by atoms with Crippen LogP contribution in [-0.2, 0) is 14.3 Å².